The van der Waals surface area contributed by atoms with Crippen molar-refractivity contribution in [1.82, 2.24) is 9.97 Å². The normalized spacial score (nSPS) is 14.0. The van der Waals surface area contributed by atoms with E-state index in [0.29, 0.717) is 0 Å². The lowest BCUT2D eigenvalue weighted by molar-refractivity contribution is 0.756. The lowest BCUT2D eigenvalue weighted by Crippen LogP contribution is -2.26. The Morgan fingerprint density at radius 1 is 1.33 bits per heavy atom. The summed E-state index contributed by atoms with van der Waals surface area (Å²) in [5.41, 5.74) is 3.97. The third-order valence-corrected chi connectivity index (χ3v) is 4.45. The smallest absolute Gasteiger partial charge is 0.152 e. The number of hydrogen-bond donors (Lipinski definition) is 1. The van der Waals surface area contributed by atoms with E-state index in [4.69, 9.17) is 0 Å². The molecule has 0 amide bonds. The highest BCUT2D eigenvalue weighted by Gasteiger charge is 2.22. The topological polar surface area (TPSA) is 41.1 Å². The Hall–Kier alpha value is -1.62. The molecule has 1 N–H and O–H groups in total. The quantitative estimate of drug-likeness (QED) is 0.909. The molecular weight excluding hydrogens is 328 g/mol. The minimum Gasteiger partial charge on any atom is -0.369 e. The van der Waals surface area contributed by atoms with Gasteiger partial charge in [0, 0.05) is 18.8 Å². The molecule has 2 heterocycles. The molecule has 1 aromatic carbocycles. The third kappa shape index (κ3) is 2.75. The molecule has 110 valence electrons. The van der Waals surface area contributed by atoms with Gasteiger partial charge in [0.2, 0.25) is 0 Å². The van der Waals surface area contributed by atoms with Crippen LogP contribution in [0.4, 0.5) is 17.3 Å². The van der Waals surface area contributed by atoms with E-state index in [1.54, 1.807) is 6.33 Å². The summed E-state index contributed by atoms with van der Waals surface area (Å²) in [5.74, 6) is 1.78. The van der Waals surface area contributed by atoms with Gasteiger partial charge in [0.1, 0.15) is 16.6 Å². The molecule has 0 aliphatic carbocycles. The Balaban J connectivity index is 2.05. The van der Waals surface area contributed by atoms with Crippen LogP contribution in [0.3, 0.4) is 0 Å². The Kier molecular flexibility index (Phi) is 4.10. The number of benzene rings is 1. The number of aryl methyl sites for hydroxylation is 2. The molecule has 0 fully saturated rings. The molecule has 21 heavy (non-hydrogen) atoms. The number of halogens is 1. The van der Waals surface area contributed by atoms with E-state index in [2.05, 4.69) is 68.2 Å². The van der Waals surface area contributed by atoms with Crippen molar-refractivity contribution in [3.8, 4) is 0 Å². The Morgan fingerprint density at radius 3 is 3.00 bits per heavy atom. The van der Waals surface area contributed by atoms with Crippen molar-refractivity contribution in [2.24, 2.45) is 0 Å². The van der Waals surface area contributed by atoms with Crippen molar-refractivity contribution in [1.29, 1.82) is 0 Å². The number of rotatable bonds is 3. The fraction of sp³-hybridized carbons (Fsp3) is 0.375. The number of anilines is 3. The molecule has 2 aromatic rings. The molecule has 0 saturated carbocycles. The molecule has 4 nitrogen and oxygen atoms in total. The number of hydrogen-bond acceptors (Lipinski definition) is 4. The van der Waals surface area contributed by atoms with E-state index < -0.39 is 0 Å². The standard InChI is InChI=1S/C16H19BrN4/c1-3-18-15-14(17)16(20-10-19-15)21-8-4-5-12-9-11(2)6-7-13(12)21/h6-7,9-10H,3-5,8H2,1-2H3,(H,18,19,20). The molecular formula is C16H19BrN4. The number of nitrogens with one attached hydrogen (secondary N) is 1. The third-order valence-electron chi connectivity index (χ3n) is 3.72. The summed E-state index contributed by atoms with van der Waals surface area (Å²) in [6, 6.07) is 6.64. The first-order valence-electron chi connectivity index (χ1n) is 7.32. The number of aromatic nitrogens is 2. The van der Waals surface area contributed by atoms with Crippen LogP contribution in [-0.4, -0.2) is 23.1 Å². The average molecular weight is 347 g/mol. The first-order valence-corrected chi connectivity index (χ1v) is 8.11. The average Bonchev–Trinajstić information content (AvgIpc) is 2.49. The fourth-order valence-corrected chi connectivity index (χ4v) is 3.34. The van der Waals surface area contributed by atoms with E-state index in [0.717, 1.165) is 42.0 Å². The van der Waals surface area contributed by atoms with E-state index in [1.807, 2.05) is 0 Å². The minimum atomic E-state index is 0.838. The highest BCUT2D eigenvalue weighted by molar-refractivity contribution is 9.10. The Bertz CT molecular complexity index is 657. The summed E-state index contributed by atoms with van der Waals surface area (Å²) >= 11 is 3.65. The molecule has 0 atom stereocenters. The monoisotopic (exact) mass is 346 g/mol. The maximum Gasteiger partial charge on any atom is 0.152 e. The lowest BCUT2D eigenvalue weighted by atomic mass is 9.99. The van der Waals surface area contributed by atoms with Gasteiger partial charge in [-0.05, 0) is 54.2 Å². The van der Waals surface area contributed by atoms with E-state index >= 15 is 0 Å². The number of nitrogens with zero attached hydrogens (tertiary/aromatic N) is 3. The molecule has 5 heteroatoms. The van der Waals surface area contributed by atoms with Crippen molar-refractivity contribution in [2.45, 2.75) is 26.7 Å². The van der Waals surface area contributed by atoms with Crippen LogP contribution in [0.15, 0.2) is 29.0 Å². The van der Waals surface area contributed by atoms with E-state index in [1.165, 1.54) is 16.8 Å². The highest BCUT2D eigenvalue weighted by atomic mass is 79.9. The molecule has 0 bridgehead atoms. The van der Waals surface area contributed by atoms with Gasteiger partial charge in [0.25, 0.3) is 0 Å². The first kappa shape index (κ1) is 14.3. The number of fused-ring (bicyclic) bond motifs is 1. The van der Waals surface area contributed by atoms with Gasteiger partial charge in [-0.2, -0.15) is 0 Å². The largest absolute Gasteiger partial charge is 0.369 e. The van der Waals surface area contributed by atoms with Crippen molar-refractivity contribution in [3.05, 3.63) is 40.1 Å². The van der Waals surface area contributed by atoms with Crippen molar-refractivity contribution >= 4 is 33.3 Å². The van der Waals surface area contributed by atoms with Crippen LogP contribution in [0.25, 0.3) is 0 Å². The summed E-state index contributed by atoms with van der Waals surface area (Å²) in [5, 5.41) is 3.26. The molecule has 1 aliphatic rings. The molecule has 1 aliphatic heterocycles. The minimum absolute atomic E-state index is 0.838. The Morgan fingerprint density at radius 2 is 2.19 bits per heavy atom. The van der Waals surface area contributed by atoms with Gasteiger partial charge in [-0.3, -0.25) is 0 Å². The highest BCUT2D eigenvalue weighted by Crippen LogP contribution is 2.38. The second-order valence-electron chi connectivity index (χ2n) is 5.28. The van der Waals surface area contributed by atoms with Gasteiger partial charge in [-0.25, -0.2) is 9.97 Å². The van der Waals surface area contributed by atoms with Gasteiger partial charge < -0.3 is 10.2 Å². The van der Waals surface area contributed by atoms with Crippen LogP contribution < -0.4 is 10.2 Å². The maximum atomic E-state index is 4.49. The van der Waals surface area contributed by atoms with Crippen molar-refractivity contribution < 1.29 is 0 Å². The summed E-state index contributed by atoms with van der Waals surface area (Å²) in [7, 11) is 0. The van der Waals surface area contributed by atoms with Gasteiger partial charge in [0.05, 0.1) is 0 Å². The fourth-order valence-electron chi connectivity index (χ4n) is 2.79. The summed E-state index contributed by atoms with van der Waals surface area (Å²) < 4.78 is 0.931. The second-order valence-corrected chi connectivity index (χ2v) is 6.07. The van der Waals surface area contributed by atoms with Gasteiger partial charge in [-0.15, -0.1) is 0 Å². The van der Waals surface area contributed by atoms with E-state index in [-0.39, 0.29) is 0 Å². The summed E-state index contributed by atoms with van der Waals surface area (Å²) in [4.78, 5) is 11.1. The molecule has 0 spiro atoms. The molecule has 0 radical (unpaired) electrons. The first-order chi connectivity index (χ1) is 10.2. The van der Waals surface area contributed by atoms with Gasteiger partial charge >= 0.3 is 0 Å². The summed E-state index contributed by atoms with van der Waals surface area (Å²) in [6.45, 7) is 6.03. The molecule has 0 saturated heterocycles. The van der Waals surface area contributed by atoms with Crippen LogP contribution >= 0.6 is 15.9 Å². The maximum absolute atomic E-state index is 4.49. The van der Waals surface area contributed by atoms with Gasteiger partial charge in [0.15, 0.2) is 5.82 Å². The second kappa shape index (κ2) is 6.02. The zero-order valence-electron chi connectivity index (χ0n) is 12.4. The van der Waals surface area contributed by atoms with Crippen molar-refractivity contribution in [2.75, 3.05) is 23.3 Å². The predicted molar refractivity (Wildman–Crippen MR) is 90.4 cm³/mol. The zero-order valence-corrected chi connectivity index (χ0v) is 13.9. The molecule has 1 aromatic heterocycles. The summed E-state index contributed by atoms with van der Waals surface area (Å²) in [6.07, 6.45) is 3.90. The molecule has 0 unspecified atom stereocenters. The Labute approximate surface area is 133 Å². The van der Waals surface area contributed by atoms with Crippen LogP contribution in [0, 0.1) is 6.92 Å². The SMILES string of the molecule is CCNc1ncnc(N2CCCc3cc(C)ccc32)c1Br. The molecule has 3 rings (SSSR count). The van der Waals surface area contributed by atoms with Crippen LogP contribution in [0.5, 0.6) is 0 Å². The van der Waals surface area contributed by atoms with Crippen molar-refractivity contribution in [3.63, 3.8) is 0 Å². The van der Waals surface area contributed by atoms with Gasteiger partial charge in [-0.1, -0.05) is 17.7 Å². The lowest BCUT2D eigenvalue weighted by Gasteiger charge is -2.31. The van der Waals surface area contributed by atoms with Crippen LogP contribution in [-0.2, 0) is 6.42 Å². The van der Waals surface area contributed by atoms with Crippen LogP contribution in [0.1, 0.15) is 24.5 Å². The predicted octanol–water partition coefficient (Wildman–Crippen LogP) is 4.06. The van der Waals surface area contributed by atoms with E-state index in [9.17, 15) is 0 Å². The van der Waals surface area contributed by atoms with Crippen LogP contribution in [0.2, 0.25) is 0 Å². The zero-order chi connectivity index (χ0) is 14.8.